The third-order valence-electron chi connectivity index (χ3n) is 3.26. The zero-order chi connectivity index (χ0) is 15.7. The van der Waals surface area contributed by atoms with Crippen molar-refractivity contribution in [3.05, 3.63) is 59.9 Å². The van der Waals surface area contributed by atoms with Gasteiger partial charge < -0.3 is 14.9 Å². The lowest BCUT2D eigenvalue weighted by molar-refractivity contribution is -0.137. The predicted molar refractivity (Wildman–Crippen MR) is 76.4 cm³/mol. The molecule has 2 aromatic carbocycles. The summed E-state index contributed by atoms with van der Waals surface area (Å²) in [6, 6.07) is 9.99. The van der Waals surface area contributed by atoms with E-state index < -0.39 is 11.7 Å². The van der Waals surface area contributed by atoms with E-state index in [1.54, 1.807) is 18.2 Å². The quantitative estimate of drug-likeness (QED) is 0.719. The summed E-state index contributed by atoms with van der Waals surface area (Å²) in [5.74, 6) is 0.138. The van der Waals surface area contributed by atoms with Gasteiger partial charge in [-0.2, -0.15) is 13.2 Å². The molecule has 0 unspecified atom stereocenters. The van der Waals surface area contributed by atoms with Gasteiger partial charge >= 0.3 is 6.18 Å². The Balaban J connectivity index is 1.83. The average molecular weight is 307 g/mol. The third kappa shape index (κ3) is 2.72. The number of alkyl halides is 3. The van der Waals surface area contributed by atoms with Crippen LogP contribution in [-0.4, -0.2) is 0 Å². The van der Waals surface area contributed by atoms with Crippen molar-refractivity contribution < 1.29 is 22.3 Å². The lowest BCUT2D eigenvalue weighted by atomic mass is 10.1. The highest BCUT2D eigenvalue weighted by molar-refractivity contribution is 5.92. The lowest BCUT2D eigenvalue weighted by Gasteiger charge is -2.10. The van der Waals surface area contributed by atoms with Crippen LogP contribution in [0.1, 0.15) is 11.1 Å². The van der Waals surface area contributed by atoms with E-state index in [0.29, 0.717) is 16.8 Å². The maximum atomic E-state index is 12.7. The molecule has 0 aliphatic heterocycles. The monoisotopic (exact) mass is 307 g/mol. The molecule has 0 spiro atoms. The molecule has 0 amide bonds. The molecular formula is C16H12F3NO2. The first-order valence-corrected chi connectivity index (χ1v) is 6.50. The van der Waals surface area contributed by atoms with Crippen LogP contribution in [0.5, 0.6) is 5.75 Å². The van der Waals surface area contributed by atoms with E-state index in [2.05, 4.69) is 0 Å². The van der Waals surface area contributed by atoms with Gasteiger partial charge in [0.1, 0.15) is 17.9 Å². The number of nitrogen functional groups attached to an aromatic ring is 1. The van der Waals surface area contributed by atoms with Crippen molar-refractivity contribution in [2.45, 2.75) is 12.8 Å². The number of hydrogen-bond donors (Lipinski definition) is 1. The standard InChI is InChI=1S/C16H12F3NO2/c17-16(18,19)11-3-1-4-12(7-11)21-8-10-9-22-14-6-2-5-13(20)15(10)14/h1-7,9H,8,20H2. The summed E-state index contributed by atoms with van der Waals surface area (Å²) in [5.41, 5.74) is 6.97. The fraction of sp³-hybridized carbons (Fsp3) is 0.125. The summed E-state index contributed by atoms with van der Waals surface area (Å²) >= 11 is 0. The Hall–Kier alpha value is -2.63. The van der Waals surface area contributed by atoms with Crippen LogP contribution >= 0.6 is 0 Å². The van der Waals surface area contributed by atoms with Crippen LogP contribution in [-0.2, 0) is 12.8 Å². The SMILES string of the molecule is Nc1cccc2occ(COc3cccc(C(F)(F)F)c3)c12. The smallest absolute Gasteiger partial charge is 0.416 e. The Kier molecular flexibility index (Phi) is 3.44. The third-order valence-corrected chi connectivity index (χ3v) is 3.26. The highest BCUT2D eigenvalue weighted by atomic mass is 19.4. The van der Waals surface area contributed by atoms with Crippen molar-refractivity contribution in [3.63, 3.8) is 0 Å². The van der Waals surface area contributed by atoms with Gasteiger partial charge in [-0.15, -0.1) is 0 Å². The van der Waals surface area contributed by atoms with Gasteiger partial charge in [-0.3, -0.25) is 0 Å². The van der Waals surface area contributed by atoms with E-state index in [4.69, 9.17) is 14.9 Å². The van der Waals surface area contributed by atoms with Gasteiger partial charge in [0, 0.05) is 16.6 Å². The highest BCUT2D eigenvalue weighted by Crippen LogP contribution is 2.32. The molecule has 1 heterocycles. The second-order valence-corrected chi connectivity index (χ2v) is 4.80. The Labute approximate surface area is 124 Å². The summed E-state index contributed by atoms with van der Waals surface area (Å²) in [5, 5.41) is 0.717. The van der Waals surface area contributed by atoms with Crippen molar-refractivity contribution in [1.82, 2.24) is 0 Å². The summed E-state index contributed by atoms with van der Waals surface area (Å²) in [7, 11) is 0. The predicted octanol–water partition coefficient (Wildman–Crippen LogP) is 4.61. The van der Waals surface area contributed by atoms with Crippen LogP contribution in [0.15, 0.2) is 53.1 Å². The van der Waals surface area contributed by atoms with E-state index >= 15 is 0 Å². The molecule has 0 fully saturated rings. The van der Waals surface area contributed by atoms with Crippen molar-refractivity contribution in [2.75, 3.05) is 5.73 Å². The van der Waals surface area contributed by atoms with Crippen LogP contribution in [0.2, 0.25) is 0 Å². The first-order chi connectivity index (χ1) is 10.4. The molecule has 6 heteroatoms. The fourth-order valence-corrected chi connectivity index (χ4v) is 2.21. The van der Waals surface area contributed by atoms with Crippen molar-refractivity contribution in [1.29, 1.82) is 0 Å². The van der Waals surface area contributed by atoms with Crippen LogP contribution in [0.25, 0.3) is 11.0 Å². The van der Waals surface area contributed by atoms with Gasteiger partial charge in [-0.25, -0.2) is 0 Å². The largest absolute Gasteiger partial charge is 0.489 e. The number of hydrogen-bond acceptors (Lipinski definition) is 3. The molecule has 114 valence electrons. The highest BCUT2D eigenvalue weighted by Gasteiger charge is 2.30. The molecule has 3 nitrogen and oxygen atoms in total. The first kappa shape index (κ1) is 14.3. The van der Waals surface area contributed by atoms with Gasteiger partial charge in [0.2, 0.25) is 0 Å². The number of furan rings is 1. The number of rotatable bonds is 3. The van der Waals surface area contributed by atoms with Crippen LogP contribution in [0, 0.1) is 0 Å². The molecule has 0 radical (unpaired) electrons. The molecule has 0 aliphatic carbocycles. The topological polar surface area (TPSA) is 48.4 Å². The summed E-state index contributed by atoms with van der Waals surface area (Å²) in [4.78, 5) is 0. The number of fused-ring (bicyclic) bond motifs is 1. The van der Waals surface area contributed by atoms with Crippen LogP contribution in [0.4, 0.5) is 18.9 Å². The Bertz CT molecular complexity index is 809. The van der Waals surface area contributed by atoms with Crippen LogP contribution in [0.3, 0.4) is 0 Å². The molecule has 3 rings (SSSR count). The summed E-state index contributed by atoms with van der Waals surface area (Å²) < 4.78 is 48.8. The minimum atomic E-state index is -4.40. The van der Waals surface area contributed by atoms with E-state index in [1.165, 1.54) is 18.4 Å². The van der Waals surface area contributed by atoms with Crippen molar-refractivity contribution >= 4 is 16.7 Å². The van der Waals surface area contributed by atoms with Crippen LogP contribution < -0.4 is 10.5 Å². The van der Waals surface area contributed by atoms with Gasteiger partial charge in [-0.05, 0) is 30.3 Å². The minimum Gasteiger partial charge on any atom is -0.489 e. The molecular weight excluding hydrogens is 295 g/mol. The molecule has 3 aromatic rings. The molecule has 0 saturated heterocycles. The number of halogens is 3. The number of anilines is 1. The molecule has 0 aliphatic rings. The normalized spacial score (nSPS) is 11.8. The van der Waals surface area contributed by atoms with E-state index in [-0.39, 0.29) is 12.4 Å². The number of nitrogens with two attached hydrogens (primary N) is 1. The average Bonchev–Trinajstić information content (AvgIpc) is 2.89. The Morgan fingerprint density at radius 2 is 1.86 bits per heavy atom. The summed E-state index contributed by atoms with van der Waals surface area (Å²) in [6.45, 7) is 0.0719. The second kappa shape index (κ2) is 5.29. The summed E-state index contributed by atoms with van der Waals surface area (Å²) in [6.07, 6.45) is -2.90. The maximum Gasteiger partial charge on any atom is 0.416 e. The Morgan fingerprint density at radius 3 is 2.64 bits per heavy atom. The molecule has 0 bridgehead atoms. The van der Waals surface area contributed by atoms with Gasteiger partial charge in [0.05, 0.1) is 11.8 Å². The molecule has 0 atom stereocenters. The second-order valence-electron chi connectivity index (χ2n) is 4.80. The fourth-order valence-electron chi connectivity index (χ4n) is 2.21. The van der Waals surface area contributed by atoms with Crippen molar-refractivity contribution in [3.8, 4) is 5.75 Å². The van der Waals surface area contributed by atoms with Gasteiger partial charge in [0.25, 0.3) is 0 Å². The van der Waals surface area contributed by atoms with Gasteiger partial charge in [-0.1, -0.05) is 12.1 Å². The van der Waals surface area contributed by atoms with Crippen molar-refractivity contribution in [2.24, 2.45) is 0 Å². The molecule has 22 heavy (non-hydrogen) atoms. The Morgan fingerprint density at radius 1 is 1.09 bits per heavy atom. The first-order valence-electron chi connectivity index (χ1n) is 6.50. The van der Waals surface area contributed by atoms with E-state index in [9.17, 15) is 13.2 Å². The maximum absolute atomic E-state index is 12.7. The van der Waals surface area contributed by atoms with E-state index in [0.717, 1.165) is 17.5 Å². The van der Waals surface area contributed by atoms with E-state index in [1.807, 2.05) is 0 Å². The molecule has 2 N–H and O–H groups in total. The molecule has 0 saturated carbocycles. The zero-order valence-electron chi connectivity index (χ0n) is 11.4. The molecule has 1 aromatic heterocycles. The number of benzene rings is 2. The van der Waals surface area contributed by atoms with Gasteiger partial charge in [0.15, 0.2) is 0 Å². The minimum absolute atomic E-state index is 0.0719. The lowest BCUT2D eigenvalue weighted by Crippen LogP contribution is -2.05. The number of ether oxygens (including phenoxy) is 1. The zero-order valence-corrected chi connectivity index (χ0v) is 11.4.